The Bertz CT molecular complexity index is 216. The molecule has 0 saturated carbocycles. The third-order valence-corrected chi connectivity index (χ3v) is 3.60. The minimum absolute atomic E-state index is 0.0217. The van der Waals surface area contributed by atoms with Gasteiger partial charge in [-0.3, -0.25) is 4.79 Å². The van der Waals surface area contributed by atoms with Crippen LogP contribution in [0.1, 0.15) is 59.3 Å². The highest BCUT2D eigenvalue weighted by molar-refractivity contribution is 6.27. The van der Waals surface area contributed by atoms with Gasteiger partial charge in [0.25, 0.3) is 0 Å². The Morgan fingerprint density at radius 3 is 2.35 bits per heavy atom. The molecule has 0 heterocycles. The van der Waals surface area contributed by atoms with Gasteiger partial charge in [-0.05, 0) is 18.3 Å². The number of nitrogens with zero attached hydrogens (tertiary/aromatic N) is 1. The van der Waals surface area contributed by atoms with Crippen molar-refractivity contribution < 1.29 is 4.79 Å². The number of rotatable bonds is 9. The summed E-state index contributed by atoms with van der Waals surface area (Å²) in [7, 11) is 1.83. The summed E-state index contributed by atoms with van der Waals surface area (Å²) in [5.74, 6) is 0.112. The normalized spacial score (nSPS) is 11.6. The molecule has 0 aliphatic carbocycles. The molecule has 0 radical (unpaired) electrons. The van der Waals surface area contributed by atoms with E-state index in [0.29, 0.717) is 5.41 Å². The number of unbranched alkanes of at least 4 members (excludes halogenated alkanes) is 3. The van der Waals surface area contributed by atoms with Gasteiger partial charge >= 0.3 is 0 Å². The molecule has 102 valence electrons. The van der Waals surface area contributed by atoms with E-state index in [1.165, 1.54) is 32.1 Å². The third-order valence-electron chi connectivity index (χ3n) is 3.37. The van der Waals surface area contributed by atoms with Gasteiger partial charge in [-0.1, -0.05) is 46.5 Å². The largest absolute Gasteiger partial charge is 0.345 e. The van der Waals surface area contributed by atoms with Crippen LogP contribution in [0.5, 0.6) is 0 Å². The number of hydrogen-bond donors (Lipinski definition) is 0. The van der Waals surface area contributed by atoms with E-state index in [-0.39, 0.29) is 11.8 Å². The molecule has 0 spiro atoms. The molecule has 0 saturated heterocycles. The maximum Gasteiger partial charge on any atom is 0.237 e. The molecule has 17 heavy (non-hydrogen) atoms. The van der Waals surface area contributed by atoms with Crippen molar-refractivity contribution in [1.29, 1.82) is 0 Å². The van der Waals surface area contributed by atoms with Gasteiger partial charge in [0.05, 0.1) is 0 Å². The van der Waals surface area contributed by atoms with E-state index < -0.39 is 0 Å². The van der Waals surface area contributed by atoms with Crippen LogP contribution >= 0.6 is 11.6 Å². The first-order valence-corrected chi connectivity index (χ1v) is 7.26. The molecule has 0 rings (SSSR count). The highest BCUT2D eigenvalue weighted by Crippen LogP contribution is 2.28. The van der Waals surface area contributed by atoms with E-state index >= 15 is 0 Å². The smallest absolute Gasteiger partial charge is 0.237 e. The van der Waals surface area contributed by atoms with Crippen molar-refractivity contribution in [2.45, 2.75) is 59.3 Å². The first-order chi connectivity index (χ1) is 7.93. The van der Waals surface area contributed by atoms with Gasteiger partial charge in [-0.15, -0.1) is 11.6 Å². The van der Waals surface area contributed by atoms with Crippen LogP contribution in [0.15, 0.2) is 0 Å². The second-order valence-corrected chi connectivity index (χ2v) is 5.94. The Morgan fingerprint density at radius 2 is 1.82 bits per heavy atom. The summed E-state index contributed by atoms with van der Waals surface area (Å²) in [6, 6.07) is 0. The Hall–Kier alpha value is -0.240. The van der Waals surface area contributed by atoms with Gasteiger partial charge < -0.3 is 4.90 Å². The first kappa shape index (κ1) is 16.8. The lowest BCUT2D eigenvalue weighted by Gasteiger charge is -2.27. The molecule has 0 aromatic carbocycles. The molecule has 1 amide bonds. The molecule has 2 nitrogen and oxygen atoms in total. The summed E-state index contributed by atoms with van der Waals surface area (Å²) in [5, 5.41) is 0. The zero-order valence-corrected chi connectivity index (χ0v) is 12.6. The van der Waals surface area contributed by atoms with Crippen molar-refractivity contribution >= 4 is 17.5 Å². The predicted octanol–water partition coefficient (Wildman–Crippen LogP) is 4.07. The van der Waals surface area contributed by atoms with Crippen molar-refractivity contribution in [1.82, 2.24) is 4.90 Å². The summed E-state index contributed by atoms with van der Waals surface area (Å²) >= 11 is 5.52. The zero-order chi connectivity index (χ0) is 13.3. The molecule has 0 atom stereocenters. The summed E-state index contributed by atoms with van der Waals surface area (Å²) in [6.45, 7) is 7.63. The summed E-state index contributed by atoms with van der Waals surface area (Å²) in [5.41, 5.74) is 0.328. The molecular weight excluding hydrogens is 234 g/mol. The van der Waals surface area contributed by atoms with Crippen molar-refractivity contribution in [3.8, 4) is 0 Å². The standard InChI is InChI=1S/C14H28ClNO/c1-5-6-7-8-9-14(2,3)10-11-16(4)13(17)12-15/h5-12H2,1-4H3. The van der Waals surface area contributed by atoms with Gasteiger partial charge in [0.2, 0.25) is 5.91 Å². The average molecular weight is 262 g/mol. The summed E-state index contributed by atoms with van der Waals surface area (Å²) < 4.78 is 0. The zero-order valence-electron chi connectivity index (χ0n) is 11.9. The SMILES string of the molecule is CCCCCCC(C)(C)CCN(C)C(=O)CCl. The number of alkyl halides is 1. The van der Waals surface area contributed by atoms with E-state index in [4.69, 9.17) is 11.6 Å². The van der Waals surface area contributed by atoms with Crippen LogP contribution in [-0.4, -0.2) is 30.3 Å². The number of hydrogen-bond acceptors (Lipinski definition) is 1. The summed E-state index contributed by atoms with van der Waals surface area (Å²) in [6.07, 6.45) is 7.55. The molecular formula is C14H28ClNO. The molecule has 0 fully saturated rings. The molecule has 3 heteroatoms. The highest BCUT2D eigenvalue weighted by Gasteiger charge is 2.19. The minimum Gasteiger partial charge on any atom is -0.345 e. The summed E-state index contributed by atoms with van der Waals surface area (Å²) in [4.78, 5) is 13.1. The van der Waals surface area contributed by atoms with Crippen LogP contribution in [0.25, 0.3) is 0 Å². The molecule has 0 aliphatic heterocycles. The van der Waals surface area contributed by atoms with Crippen LogP contribution in [-0.2, 0) is 4.79 Å². The van der Waals surface area contributed by atoms with Crippen LogP contribution in [0.2, 0.25) is 0 Å². The average Bonchev–Trinajstić information content (AvgIpc) is 2.30. The van der Waals surface area contributed by atoms with Crippen molar-refractivity contribution in [2.24, 2.45) is 5.41 Å². The van der Waals surface area contributed by atoms with E-state index in [2.05, 4.69) is 20.8 Å². The molecule has 0 N–H and O–H groups in total. The maximum atomic E-state index is 11.3. The van der Waals surface area contributed by atoms with E-state index in [1.54, 1.807) is 4.90 Å². The predicted molar refractivity (Wildman–Crippen MR) is 75.5 cm³/mol. The highest BCUT2D eigenvalue weighted by atomic mass is 35.5. The molecule has 0 bridgehead atoms. The Kier molecular flexibility index (Phi) is 8.67. The van der Waals surface area contributed by atoms with Gasteiger partial charge in [-0.25, -0.2) is 0 Å². The van der Waals surface area contributed by atoms with Crippen molar-refractivity contribution in [2.75, 3.05) is 19.5 Å². The van der Waals surface area contributed by atoms with Gasteiger partial charge in [0.15, 0.2) is 0 Å². The van der Waals surface area contributed by atoms with E-state index in [1.807, 2.05) is 7.05 Å². The topological polar surface area (TPSA) is 20.3 Å². The number of halogens is 1. The fraction of sp³-hybridized carbons (Fsp3) is 0.929. The van der Waals surface area contributed by atoms with Gasteiger partial charge in [0, 0.05) is 13.6 Å². The van der Waals surface area contributed by atoms with E-state index in [9.17, 15) is 4.79 Å². The molecule has 0 aromatic heterocycles. The third kappa shape index (κ3) is 8.48. The van der Waals surface area contributed by atoms with Crippen molar-refractivity contribution in [3.63, 3.8) is 0 Å². The minimum atomic E-state index is 0.0217. The Labute approximate surface area is 112 Å². The lowest BCUT2D eigenvalue weighted by Crippen LogP contribution is -2.31. The molecule has 0 aliphatic rings. The van der Waals surface area contributed by atoms with Crippen LogP contribution < -0.4 is 0 Å². The van der Waals surface area contributed by atoms with Gasteiger partial charge in [0.1, 0.15) is 5.88 Å². The maximum absolute atomic E-state index is 11.3. The van der Waals surface area contributed by atoms with Crippen LogP contribution in [0.4, 0.5) is 0 Å². The molecule has 0 aromatic rings. The second-order valence-electron chi connectivity index (χ2n) is 5.67. The Balaban J connectivity index is 3.80. The second kappa shape index (κ2) is 8.79. The number of carbonyl (C=O) groups excluding carboxylic acids is 1. The quantitative estimate of drug-likeness (QED) is 0.453. The Morgan fingerprint density at radius 1 is 1.18 bits per heavy atom. The number of amides is 1. The van der Waals surface area contributed by atoms with Crippen LogP contribution in [0, 0.1) is 5.41 Å². The van der Waals surface area contributed by atoms with Gasteiger partial charge in [-0.2, -0.15) is 0 Å². The fourth-order valence-corrected chi connectivity index (χ4v) is 2.06. The lowest BCUT2D eigenvalue weighted by atomic mass is 9.83. The van der Waals surface area contributed by atoms with E-state index in [0.717, 1.165) is 13.0 Å². The van der Waals surface area contributed by atoms with Crippen LogP contribution in [0.3, 0.4) is 0 Å². The molecule has 0 unspecified atom stereocenters. The monoisotopic (exact) mass is 261 g/mol. The number of carbonyl (C=O) groups is 1. The lowest BCUT2D eigenvalue weighted by molar-refractivity contribution is -0.127. The fourth-order valence-electron chi connectivity index (χ4n) is 1.85. The first-order valence-electron chi connectivity index (χ1n) is 6.73. The van der Waals surface area contributed by atoms with Crippen molar-refractivity contribution in [3.05, 3.63) is 0 Å².